The third kappa shape index (κ3) is 3.59. The molecule has 4 aromatic rings. The predicted octanol–water partition coefficient (Wildman–Crippen LogP) is 3.21. The zero-order valence-corrected chi connectivity index (χ0v) is 16.7. The smallest absolute Gasteiger partial charge is 0.315 e. The maximum atomic E-state index is 12.8. The highest BCUT2D eigenvalue weighted by Gasteiger charge is 2.15. The van der Waals surface area contributed by atoms with Gasteiger partial charge in [0, 0.05) is 19.7 Å². The van der Waals surface area contributed by atoms with Crippen LogP contribution in [0.2, 0.25) is 0 Å². The molecule has 2 heterocycles. The normalized spacial score (nSPS) is 12.0. The number of amides is 1. The molecule has 0 atom stereocenters. The molecule has 0 aliphatic rings. The number of methoxy groups -OCH3 is 2. The Morgan fingerprint density at radius 2 is 2.00 bits per heavy atom. The number of rotatable bonds is 5. The van der Waals surface area contributed by atoms with Crippen molar-refractivity contribution < 1.29 is 18.7 Å². The summed E-state index contributed by atoms with van der Waals surface area (Å²) in [6, 6.07) is 13.6. The Hall–Kier alpha value is -3.23. The van der Waals surface area contributed by atoms with Gasteiger partial charge in [0.2, 0.25) is 0 Å². The maximum absolute atomic E-state index is 12.8. The molecule has 0 fully saturated rings. The number of carbonyl (C=O) groups excluding carboxylic acids is 1. The second-order valence-electron chi connectivity index (χ2n) is 6.22. The van der Waals surface area contributed by atoms with Crippen molar-refractivity contribution in [2.75, 3.05) is 20.8 Å². The van der Waals surface area contributed by atoms with Crippen molar-refractivity contribution in [2.45, 2.75) is 6.54 Å². The second kappa shape index (κ2) is 8.02. The first-order valence-electron chi connectivity index (χ1n) is 8.89. The fourth-order valence-corrected chi connectivity index (χ4v) is 4.16. The van der Waals surface area contributed by atoms with Crippen molar-refractivity contribution >= 4 is 38.4 Å². The van der Waals surface area contributed by atoms with Gasteiger partial charge >= 0.3 is 5.91 Å². The number of para-hydroxylation sites is 2. The van der Waals surface area contributed by atoms with Crippen LogP contribution in [0.25, 0.3) is 21.2 Å². The number of ether oxygens (including phenoxy) is 2. The van der Waals surface area contributed by atoms with E-state index in [1.54, 1.807) is 38.5 Å². The van der Waals surface area contributed by atoms with Crippen LogP contribution in [-0.4, -0.2) is 31.3 Å². The Morgan fingerprint density at radius 3 is 2.79 bits per heavy atom. The molecule has 8 heteroatoms. The van der Waals surface area contributed by atoms with Crippen LogP contribution in [0.5, 0.6) is 5.75 Å². The third-order valence-corrected chi connectivity index (χ3v) is 5.49. The monoisotopic (exact) mass is 410 g/mol. The van der Waals surface area contributed by atoms with Gasteiger partial charge in [-0.05, 0) is 24.3 Å². The summed E-state index contributed by atoms with van der Waals surface area (Å²) in [5.74, 6) is -0.0399. The van der Waals surface area contributed by atoms with Crippen LogP contribution in [0.15, 0.2) is 62.7 Å². The highest BCUT2D eigenvalue weighted by atomic mass is 32.1. The molecule has 0 aliphatic carbocycles. The first-order chi connectivity index (χ1) is 14.1. The Labute approximate surface area is 169 Å². The van der Waals surface area contributed by atoms with Crippen molar-refractivity contribution in [3.63, 3.8) is 0 Å². The first-order valence-corrected chi connectivity index (χ1v) is 9.71. The molecule has 2 aromatic heterocycles. The van der Waals surface area contributed by atoms with E-state index in [1.165, 1.54) is 17.4 Å². The van der Waals surface area contributed by atoms with Gasteiger partial charge in [-0.1, -0.05) is 29.5 Å². The largest absolute Gasteiger partial charge is 0.495 e. The van der Waals surface area contributed by atoms with Crippen LogP contribution in [-0.2, 0) is 11.3 Å². The molecule has 2 aromatic carbocycles. The van der Waals surface area contributed by atoms with E-state index in [-0.39, 0.29) is 11.2 Å². The van der Waals surface area contributed by atoms with E-state index < -0.39 is 5.91 Å². The van der Waals surface area contributed by atoms with Gasteiger partial charge in [0.15, 0.2) is 16.0 Å². The molecule has 0 spiro atoms. The van der Waals surface area contributed by atoms with Gasteiger partial charge in [0.05, 0.1) is 23.8 Å². The number of nitrogens with zero attached hydrogens (tertiary/aromatic N) is 2. The van der Waals surface area contributed by atoms with Gasteiger partial charge in [0.25, 0.3) is 0 Å². The minimum atomic E-state index is -0.621. The van der Waals surface area contributed by atoms with Crippen molar-refractivity contribution in [3.05, 3.63) is 69.3 Å². The van der Waals surface area contributed by atoms with E-state index in [9.17, 15) is 9.59 Å². The summed E-state index contributed by atoms with van der Waals surface area (Å²) in [5, 5.41) is 0.422. The van der Waals surface area contributed by atoms with Crippen LogP contribution in [0.3, 0.4) is 0 Å². The SMILES string of the molecule is COCCn1c(=NC(=O)c2cc(=O)c3ccccc3o2)sc2cccc(OC)c21. The summed E-state index contributed by atoms with van der Waals surface area (Å²) in [5.41, 5.74) is 0.906. The number of aromatic nitrogens is 1. The lowest BCUT2D eigenvalue weighted by Crippen LogP contribution is -2.20. The molecule has 1 amide bonds. The van der Waals surface area contributed by atoms with Gasteiger partial charge in [-0.2, -0.15) is 4.99 Å². The predicted molar refractivity (Wildman–Crippen MR) is 111 cm³/mol. The molecule has 148 valence electrons. The summed E-state index contributed by atoms with van der Waals surface area (Å²) >= 11 is 1.35. The van der Waals surface area contributed by atoms with E-state index in [0.29, 0.717) is 34.7 Å². The number of hydrogen-bond acceptors (Lipinski definition) is 6. The zero-order valence-electron chi connectivity index (χ0n) is 15.9. The highest BCUT2D eigenvalue weighted by Crippen LogP contribution is 2.27. The first kappa shape index (κ1) is 19.1. The van der Waals surface area contributed by atoms with Crippen LogP contribution in [0.4, 0.5) is 0 Å². The standard InChI is InChI=1S/C21H18N2O5S/c1-26-11-10-23-19-16(27-2)8-5-9-18(19)29-21(23)22-20(25)17-12-14(24)13-6-3-4-7-15(13)28-17/h3-9,12H,10-11H2,1-2H3. The molecule has 0 aliphatic heterocycles. The average molecular weight is 410 g/mol. The molecular formula is C21H18N2O5S. The summed E-state index contributed by atoms with van der Waals surface area (Å²) in [4.78, 5) is 29.8. The molecule has 0 bridgehead atoms. The number of fused-ring (bicyclic) bond motifs is 2. The van der Waals surface area contributed by atoms with E-state index in [0.717, 1.165) is 10.2 Å². The van der Waals surface area contributed by atoms with E-state index in [4.69, 9.17) is 13.9 Å². The Balaban J connectivity index is 1.87. The molecule has 0 N–H and O–H groups in total. The molecule has 0 saturated heterocycles. The van der Waals surface area contributed by atoms with E-state index in [1.807, 2.05) is 22.8 Å². The number of hydrogen-bond donors (Lipinski definition) is 0. The van der Waals surface area contributed by atoms with Gasteiger partial charge in [0.1, 0.15) is 16.8 Å². The quantitative estimate of drug-likeness (QED) is 0.505. The highest BCUT2D eigenvalue weighted by molar-refractivity contribution is 7.16. The Bertz CT molecular complexity index is 1330. The number of carbonyl (C=O) groups is 1. The fourth-order valence-electron chi connectivity index (χ4n) is 3.09. The van der Waals surface area contributed by atoms with Crippen LogP contribution >= 0.6 is 11.3 Å². The van der Waals surface area contributed by atoms with Crippen LogP contribution in [0, 0.1) is 0 Å². The summed E-state index contributed by atoms with van der Waals surface area (Å²) in [7, 11) is 3.21. The van der Waals surface area contributed by atoms with E-state index in [2.05, 4.69) is 4.99 Å². The van der Waals surface area contributed by atoms with Crippen molar-refractivity contribution in [2.24, 2.45) is 4.99 Å². The van der Waals surface area contributed by atoms with Crippen LogP contribution < -0.4 is 15.0 Å². The molecule has 0 saturated carbocycles. The molecule has 0 radical (unpaired) electrons. The minimum Gasteiger partial charge on any atom is -0.495 e. The van der Waals surface area contributed by atoms with Gasteiger partial charge in [-0.25, -0.2) is 0 Å². The number of benzene rings is 2. The Kier molecular flexibility index (Phi) is 5.28. The van der Waals surface area contributed by atoms with Gasteiger partial charge in [-0.3, -0.25) is 9.59 Å². The second-order valence-corrected chi connectivity index (χ2v) is 7.23. The topological polar surface area (TPSA) is 83.0 Å². The van der Waals surface area contributed by atoms with Crippen molar-refractivity contribution in [1.82, 2.24) is 4.57 Å². The molecular weight excluding hydrogens is 392 g/mol. The molecule has 4 rings (SSSR count). The minimum absolute atomic E-state index is 0.101. The third-order valence-electron chi connectivity index (χ3n) is 4.45. The summed E-state index contributed by atoms with van der Waals surface area (Å²) < 4.78 is 19.1. The lowest BCUT2D eigenvalue weighted by molar-refractivity contribution is 0.0971. The fraction of sp³-hybridized carbons (Fsp3) is 0.190. The van der Waals surface area contributed by atoms with E-state index >= 15 is 0 Å². The summed E-state index contributed by atoms with van der Waals surface area (Å²) in [6.07, 6.45) is 0. The molecule has 7 nitrogen and oxygen atoms in total. The lowest BCUT2D eigenvalue weighted by atomic mass is 10.2. The molecule has 0 unspecified atom stereocenters. The number of thiazole rings is 1. The molecule has 29 heavy (non-hydrogen) atoms. The van der Waals surface area contributed by atoms with Crippen molar-refractivity contribution in [3.8, 4) is 5.75 Å². The van der Waals surface area contributed by atoms with Crippen LogP contribution in [0.1, 0.15) is 10.6 Å². The Morgan fingerprint density at radius 1 is 1.17 bits per heavy atom. The van der Waals surface area contributed by atoms with Gasteiger partial charge < -0.3 is 18.5 Å². The average Bonchev–Trinajstić information content (AvgIpc) is 3.09. The van der Waals surface area contributed by atoms with Crippen molar-refractivity contribution in [1.29, 1.82) is 0 Å². The maximum Gasteiger partial charge on any atom is 0.315 e. The summed E-state index contributed by atoms with van der Waals surface area (Å²) in [6.45, 7) is 0.932. The zero-order chi connectivity index (χ0) is 20.4. The lowest BCUT2D eigenvalue weighted by Gasteiger charge is -2.07. The van der Waals surface area contributed by atoms with Gasteiger partial charge in [-0.15, -0.1) is 0 Å².